The van der Waals surface area contributed by atoms with Crippen LogP contribution in [0.5, 0.6) is 5.75 Å². The van der Waals surface area contributed by atoms with Crippen molar-refractivity contribution < 1.29 is 9.53 Å². The molecule has 9 heteroatoms. The van der Waals surface area contributed by atoms with E-state index in [0.717, 1.165) is 5.56 Å². The molecule has 1 aliphatic rings. The van der Waals surface area contributed by atoms with Crippen LogP contribution < -0.4 is 15.4 Å². The minimum atomic E-state index is -0.689. The number of carbonyl (C=O) groups is 1. The van der Waals surface area contributed by atoms with Crippen molar-refractivity contribution in [3.05, 3.63) is 76.7 Å². The molecule has 1 aromatic heterocycles. The molecule has 2 aromatic carbocycles. The summed E-state index contributed by atoms with van der Waals surface area (Å²) in [5.74, 6) is 0.0887. The summed E-state index contributed by atoms with van der Waals surface area (Å²) in [4.78, 5) is 17.5. The molecule has 0 fully saturated rings. The van der Waals surface area contributed by atoms with Gasteiger partial charge in [-0.05, 0) is 29.8 Å². The lowest BCUT2D eigenvalue weighted by atomic mass is 9.88. The van der Waals surface area contributed by atoms with Crippen molar-refractivity contribution in [3.8, 4) is 5.75 Å². The number of rotatable bonds is 4. The monoisotopic (exact) mass is 429 g/mol. The van der Waals surface area contributed by atoms with Crippen LogP contribution in [-0.2, 0) is 4.79 Å². The molecule has 4 rings (SSSR count). The molecule has 3 aromatic rings. The fourth-order valence-electron chi connectivity index (χ4n) is 3.39. The number of halogens is 2. The van der Waals surface area contributed by atoms with E-state index in [-0.39, 0.29) is 5.91 Å². The van der Waals surface area contributed by atoms with E-state index in [0.29, 0.717) is 33.1 Å². The second-order valence-corrected chi connectivity index (χ2v) is 7.28. The molecule has 0 bridgehead atoms. The molecule has 0 aliphatic carbocycles. The van der Waals surface area contributed by atoms with Gasteiger partial charge in [-0.15, -0.1) is 0 Å². The number of anilines is 2. The van der Waals surface area contributed by atoms with Gasteiger partial charge in [0.05, 0.1) is 28.9 Å². The molecular formula is C20H17Cl2N5O2. The third kappa shape index (κ3) is 3.54. The molecule has 7 nitrogen and oxygen atoms in total. The van der Waals surface area contributed by atoms with Gasteiger partial charge in [0.15, 0.2) is 0 Å². The average molecular weight is 430 g/mol. The third-order valence-electron chi connectivity index (χ3n) is 4.73. The van der Waals surface area contributed by atoms with Gasteiger partial charge in [0.1, 0.15) is 18.0 Å². The largest absolute Gasteiger partial charge is 0.495 e. The third-order valence-corrected chi connectivity index (χ3v) is 5.47. The van der Waals surface area contributed by atoms with Gasteiger partial charge >= 0.3 is 0 Å². The van der Waals surface area contributed by atoms with Crippen LogP contribution in [0, 0.1) is 5.92 Å². The highest BCUT2D eigenvalue weighted by molar-refractivity contribution is 6.42. The van der Waals surface area contributed by atoms with Crippen molar-refractivity contribution >= 4 is 40.7 Å². The number of para-hydroxylation sites is 2. The summed E-state index contributed by atoms with van der Waals surface area (Å²) >= 11 is 12.3. The zero-order valence-corrected chi connectivity index (χ0v) is 16.9. The van der Waals surface area contributed by atoms with Crippen LogP contribution in [0.4, 0.5) is 11.6 Å². The van der Waals surface area contributed by atoms with E-state index in [1.165, 1.54) is 6.33 Å². The van der Waals surface area contributed by atoms with E-state index < -0.39 is 12.0 Å². The number of hydrogen-bond acceptors (Lipinski definition) is 5. The lowest BCUT2D eigenvalue weighted by Crippen LogP contribution is -2.39. The summed E-state index contributed by atoms with van der Waals surface area (Å²) in [7, 11) is 1.55. The number of aromatic nitrogens is 3. The summed E-state index contributed by atoms with van der Waals surface area (Å²) in [6.07, 6.45) is 1.42. The molecule has 2 N–H and O–H groups in total. The Bertz CT molecular complexity index is 1100. The minimum absolute atomic E-state index is 0.274. The molecule has 0 saturated carbocycles. The second kappa shape index (κ2) is 7.77. The van der Waals surface area contributed by atoms with E-state index in [2.05, 4.69) is 27.3 Å². The maximum atomic E-state index is 13.3. The number of methoxy groups -OCH3 is 1. The van der Waals surface area contributed by atoms with Crippen LogP contribution in [0.2, 0.25) is 10.0 Å². The minimum Gasteiger partial charge on any atom is -0.495 e. The second-order valence-electron chi connectivity index (χ2n) is 6.46. The number of nitrogens with zero attached hydrogens (tertiary/aromatic N) is 3. The molecule has 0 spiro atoms. The lowest BCUT2D eigenvalue weighted by molar-refractivity contribution is -0.119. The lowest BCUT2D eigenvalue weighted by Gasteiger charge is -2.34. The Morgan fingerprint density at radius 1 is 1.24 bits per heavy atom. The number of hydrogen-bond donors (Lipinski definition) is 2. The van der Waals surface area contributed by atoms with Crippen LogP contribution in [0.3, 0.4) is 0 Å². The van der Waals surface area contributed by atoms with E-state index in [9.17, 15) is 4.79 Å². The molecule has 2 unspecified atom stereocenters. The number of benzene rings is 2. The van der Waals surface area contributed by atoms with Crippen LogP contribution in [0.25, 0.3) is 0 Å². The van der Waals surface area contributed by atoms with Crippen molar-refractivity contribution in [1.29, 1.82) is 0 Å². The normalized spacial score (nSPS) is 18.0. The topological polar surface area (TPSA) is 81.1 Å². The molecule has 0 saturated heterocycles. The van der Waals surface area contributed by atoms with Crippen LogP contribution in [-0.4, -0.2) is 27.8 Å². The molecular weight excluding hydrogens is 413 g/mol. The van der Waals surface area contributed by atoms with Crippen molar-refractivity contribution in [1.82, 2.24) is 14.8 Å². The molecule has 1 aliphatic heterocycles. The molecule has 2 atom stereocenters. The number of fused-ring (bicyclic) bond motifs is 1. The summed E-state index contributed by atoms with van der Waals surface area (Å²) in [5, 5.41) is 11.1. The van der Waals surface area contributed by atoms with Gasteiger partial charge in [-0.25, -0.2) is 4.68 Å². The summed E-state index contributed by atoms with van der Waals surface area (Å²) < 4.78 is 6.97. The van der Waals surface area contributed by atoms with Crippen molar-refractivity contribution in [3.63, 3.8) is 0 Å². The number of carbonyl (C=O) groups excluding carboxylic acids is 1. The van der Waals surface area contributed by atoms with E-state index >= 15 is 0 Å². The predicted molar refractivity (Wildman–Crippen MR) is 112 cm³/mol. The first kappa shape index (κ1) is 19.3. The fraction of sp³-hybridized carbons (Fsp3) is 0.150. The highest BCUT2D eigenvalue weighted by Crippen LogP contribution is 2.39. The van der Waals surface area contributed by atoms with Gasteiger partial charge < -0.3 is 15.4 Å². The first-order valence-corrected chi connectivity index (χ1v) is 9.49. The molecule has 29 heavy (non-hydrogen) atoms. The number of nitrogens with one attached hydrogen (secondary N) is 2. The standard InChI is InChI=1S/C20H17Cl2N5O2/c1-11-17(19(28)26-15-5-3-4-6-16(15)29-2)18(27-20(25-11)23-10-24-27)12-7-8-13(21)14(22)9-12/h3-10,17-18H,1H2,2H3,(H,26,28)(H,23,24,25). The van der Waals surface area contributed by atoms with Crippen LogP contribution in [0.15, 0.2) is 61.1 Å². The van der Waals surface area contributed by atoms with Crippen molar-refractivity contribution in [2.45, 2.75) is 6.04 Å². The highest BCUT2D eigenvalue weighted by Gasteiger charge is 2.39. The molecule has 2 heterocycles. The Balaban J connectivity index is 1.76. The zero-order valence-electron chi connectivity index (χ0n) is 15.4. The van der Waals surface area contributed by atoms with Crippen LogP contribution in [0.1, 0.15) is 11.6 Å². The van der Waals surface area contributed by atoms with Gasteiger partial charge in [-0.2, -0.15) is 10.1 Å². The van der Waals surface area contributed by atoms with E-state index in [1.807, 2.05) is 18.2 Å². The Labute approximate surface area is 177 Å². The van der Waals surface area contributed by atoms with Crippen molar-refractivity contribution in [2.24, 2.45) is 5.92 Å². The smallest absolute Gasteiger partial charge is 0.236 e. The first-order chi connectivity index (χ1) is 14.0. The molecule has 1 amide bonds. The quantitative estimate of drug-likeness (QED) is 0.642. The molecule has 0 radical (unpaired) electrons. The SMILES string of the molecule is C=C1Nc2ncnn2C(c2ccc(Cl)c(Cl)c2)C1C(=O)Nc1ccccc1OC. The zero-order chi connectivity index (χ0) is 20.5. The predicted octanol–water partition coefficient (Wildman–Crippen LogP) is 4.38. The van der Waals surface area contributed by atoms with Gasteiger partial charge in [0.25, 0.3) is 0 Å². The Morgan fingerprint density at radius 3 is 2.79 bits per heavy atom. The van der Waals surface area contributed by atoms with E-state index in [1.54, 1.807) is 36.1 Å². The maximum Gasteiger partial charge on any atom is 0.236 e. The Kier molecular flexibility index (Phi) is 5.17. The Hall–Kier alpha value is -3.03. The number of amides is 1. The van der Waals surface area contributed by atoms with Gasteiger partial charge in [0, 0.05) is 5.70 Å². The number of ether oxygens (including phenoxy) is 1. The van der Waals surface area contributed by atoms with Gasteiger partial charge in [0.2, 0.25) is 11.9 Å². The van der Waals surface area contributed by atoms with Gasteiger partial charge in [-0.1, -0.05) is 48.0 Å². The fourth-order valence-corrected chi connectivity index (χ4v) is 3.69. The Morgan fingerprint density at radius 2 is 2.03 bits per heavy atom. The van der Waals surface area contributed by atoms with Crippen LogP contribution >= 0.6 is 23.2 Å². The summed E-state index contributed by atoms with van der Waals surface area (Å²) in [6.45, 7) is 4.05. The molecule has 148 valence electrons. The average Bonchev–Trinajstić information content (AvgIpc) is 3.17. The van der Waals surface area contributed by atoms with E-state index in [4.69, 9.17) is 27.9 Å². The van der Waals surface area contributed by atoms with Crippen molar-refractivity contribution in [2.75, 3.05) is 17.7 Å². The van der Waals surface area contributed by atoms with Gasteiger partial charge in [-0.3, -0.25) is 4.79 Å². The highest BCUT2D eigenvalue weighted by atomic mass is 35.5. The summed E-state index contributed by atoms with van der Waals surface area (Å²) in [5.41, 5.74) is 1.81. The first-order valence-electron chi connectivity index (χ1n) is 8.73. The maximum absolute atomic E-state index is 13.3. The summed E-state index contributed by atoms with van der Waals surface area (Å²) in [6, 6.07) is 11.9.